The standard InChI is InChI=1S/C21H18ClN3O2S/c1-21(2)14-10-12(8-9-17(14)25(3)19(21)27)16-11-28-20(23-16)24-18(26)13-6-4-5-7-15(13)22/h4-11H,1-3H3,(H,23,24,26). The number of hydrogen-bond acceptors (Lipinski definition) is 4. The van der Waals surface area contributed by atoms with Crippen LogP contribution < -0.4 is 10.2 Å². The molecule has 0 spiro atoms. The van der Waals surface area contributed by atoms with Crippen LogP contribution in [0.5, 0.6) is 0 Å². The van der Waals surface area contributed by atoms with Crippen molar-refractivity contribution in [1.29, 1.82) is 0 Å². The lowest BCUT2D eigenvalue weighted by atomic mass is 9.85. The number of nitrogens with one attached hydrogen (secondary N) is 1. The SMILES string of the molecule is CN1C(=O)C(C)(C)c2cc(-c3csc(NC(=O)c4ccccc4Cl)n3)ccc21. The quantitative estimate of drug-likeness (QED) is 0.661. The smallest absolute Gasteiger partial charge is 0.258 e. The van der Waals surface area contributed by atoms with Crippen LogP contribution in [0.4, 0.5) is 10.8 Å². The number of halogens is 1. The topological polar surface area (TPSA) is 62.3 Å². The first-order valence-electron chi connectivity index (χ1n) is 8.73. The van der Waals surface area contributed by atoms with Gasteiger partial charge in [-0.15, -0.1) is 11.3 Å². The molecule has 2 heterocycles. The minimum absolute atomic E-state index is 0.0746. The molecule has 0 saturated heterocycles. The van der Waals surface area contributed by atoms with Crippen molar-refractivity contribution in [2.24, 2.45) is 0 Å². The average Bonchev–Trinajstić information content (AvgIpc) is 3.20. The molecular weight excluding hydrogens is 394 g/mol. The van der Waals surface area contributed by atoms with Gasteiger partial charge in [-0.1, -0.05) is 29.8 Å². The van der Waals surface area contributed by atoms with E-state index in [-0.39, 0.29) is 11.8 Å². The molecule has 0 bridgehead atoms. The van der Waals surface area contributed by atoms with Crippen LogP contribution in [0.1, 0.15) is 29.8 Å². The van der Waals surface area contributed by atoms with Crippen molar-refractivity contribution >= 4 is 45.6 Å². The predicted molar refractivity (Wildman–Crippen MR) is 113 cm³/mol. The monoisotopic (exact) mass is 411 g/mol. The highest BCUT2D eigenvalue weighted by Crippen LogP contribution is 2.42. The van der Waals surface area contributed by atoms with E-state index in [1.165, 1.54) is 11.3 Å². The lowest BCUT2D eigenvalue weighted by molar-refractivity contribution is -0.121. The first-order chi connectivity index (χ1) is 13.3. The summed E-state index contributed by atoms with van der Waals surface area (Å²) in [7, 11) is 1.79. The van der Waals surface area contributed by atoms with Crippen molar-refractivity contribution < 1.29 is 9.59 Å². The maximum atomic E-state index is 12.5. The molecule has 142 valence electrons. The second-order valence-corrected chi connectivity index (χ2v) is 8.46. The van der Waals surface area contributed by atoms with Gasteiger partial charge in [0.05, 0.1) is 21.7 Å². The van der Waals surface area contributed by atoms with Crippen molar-refractivity contribution in [3.05, 3.63) is 64.0 Å². The molecule has 2 aromatic carbocycles. The normalized spacial score (nSPS) is 14.9. The van der Waals surface area contributed by atoms with E-state index in [9.17, 15) is 9.59 Å². The Labute approximate surface area is 172 Å². The van der Waals surface area contributed by atoms with Gasteiger partial charge in [0.1, 0.15) is 0 Å². The van der Waals surface area contributed by atoms with Gasteiger partial charge in [-0.3, -0.25) is 14.9 Å². The van der Waals surface area contributed by atoms with Crippen LogP contribution in [0.15, 0.2) is 47.8 Å². The van der Waals surface area contributed by atoms with Gasteiger partial charge in [0, 0.05) is 23.7 Å². The molecule has 0 fully saturated rings. The number of amides is 2. The Balaban J connectivity index is 1.61. The Hall–Kier alpha value is -2.70. The molecule has 0 aliphatic carbocycles. The summed E-state index contributed by atoms with van der Waals surface area (Å²) < 4.78 is 0. The van der Waals surface area contributed by atoms with Crippen molar-refractivity contribution in [1.82, 2.24) is 4.98 Å². The number of hydrogen-bond donors (Lipinski definition) is 1. The molecule has 2 amide bonds. The van der Waals surface area contributed by atoms with Crippen LogP contribution in [0.2, 0.25) is 5.02 Å². The van der Waals surface area contributed by atoms with Gasteiger partial charge in [-0.05, 0) is 43.7 Å². The Kier molecular flexibility index (Phi) is 4.48. The van der Waals surface area contributed by atoms with Crippen LogP contribution in [-0.4, -0.2) is 23.8 Å². The Morgan fingerprint density at radius 1 is 1.21 bits per heavy atom. The minimum atomic E-state index is -0.572. The Bertz CT molecular complexity index is 1110. The molecular formula is C21H18ClN3O2S. The van der Waals surface area contributed by atoms with Gasteiger partial charge in [0.25, 0.3) is 5.91 Å². The number of thiazole rings is 1. The first-order valence-corrected chi connectivity index (χ1v) is 9.99. The van der Waals surface area contributed by atoms with Crippen molar-refractivity contribution in [2.75, 3.05) is 17.3 Å². The van der Waals surface area contributed by atoms with Gasteiger partial charge < -0.3 is 4.90 Å². The van der Waals surface area contributed by atoms with Gasteiger partial charge in [-0.2, -0.15) is 0 Å². The zero-order chi connectivity index (χ0) is 20.1. The largest absolute Gasteiger partial charge is 0.314 e. The highest BCUT2D eigenvalue weighted by atomic mass is 35.5. The maximum absolute atomic E-state index is 12.5. The maximum Gasteiger partial charge on any atom is 0.258 e. The van der Waals surface area contributed by atoms with E-state index in [1.54, 1.807) is 36.2 Å². The van der Waals surface area contributed by atoms with Gasteiger partial charge in [0.15, 0.2) is 5.13 Å². The summed E-state index contributed by atoms with van der Waals surface area (Å²) in [4.78, 5) is 31.1. The predicted octanol–water partition coefficient (Wildman–Crippen LogP) is 4.97. The molecule has 7 heteroatoms. The van der Waals surface area contributed by atoms with Crippen LogP contribution in [0, 0.1) is 0 Å². The second-order valence-electron chi connectivity index (χ2n) is 7.19. The van der Waals surface area contributed by atoms with Crippen LogP contribution in [-0.2, 0) is 10.2 Å². The summed E-state index contributed by atoms with van der Waals surface area (Å²) >= 11 is 7.43. The molecule has 0 atom stereocenters. The van der Waals surface area contributed by atoms with E-state index in [2.05, 4.69) is 10.3 Å². The number of likely N-dealkylation sites (N-methyl/N-ethyl adjacent to an activating group) is 1. The zero-order valence-electron chi connectivity index (χ0n) is 15.6. The molecule has 4 rings (SSSR count). The molecule has 0 unspecified atom stereocenters. The molecule has 1 aliphatic heterocycles. The van der Waals surface area contributed by atoms with Gasteiger partial charge >= 0.3 is 0 Å². The third-order valence-electron chi connectivity index (χ3n) is 5.01. The number of benzene rings is 2. The molecule has 3 aromatic rings. The van der Waals surface area contributed by atoms with Crippen molar-refractivity contribution in [2.45, 2.75) is 19.3 Å². The lowest BCUT2D eigenvalue weighted by Crippen LogP contribution is -2.33. The number of fused-ring (bicyclic) bond motifs is 1. The van der Waals surface area contributed by atoms with Crippen molar-refractivity contribution in [3.63, 3.8) is 0 Å². The highest BCUT2D eigenvalue weighted by Gasteiger charge is 2.42. The van der Waals surface area contributed by atoms with E-state index in [0.717, 1.165) is 22.5 Å². The molecule has 0 saturated carbocycles. The molecule has 28 heavy (non-hydrogen) atoms. The van der Waals surface area contributed by atoms with E-state index >= 15 is 0 Å². The molecule has 1 aliphatic rings. The summed E-state index contributed by atoms with van der Waals surface area (Å²) in [6.07, 6.45) is 0. The fourth-order valence-electron chi connectivity index (χ4n) is 3.41. The summed E-state index contributed by atoms with van der Waals surface area (Å²) in [5.74, 6) is -0.223. The fourth-order valence-corrected chi connectivity index (χ4v) is 4.34. The summed E-state index contributed by atoms with van der Waals surface area (Å²) in [5.41, 5.74) is 3.39. The fraction of sp³-hybridized carbons (Fsp3) is 0.190. The zero-order valence-corrected chi connectivity index (χ0v) is 17.2. The van der Waals surface area contributed by atoms with Gasteiger partial charge in [0.2, 0.25) is 5.91 Å². The van der Waals surface area contributed by atoms with Gasteiger partial charge in [-0.25, -0.2) is 4.98 Å². The van der Waals surface area contributed by atoms with E-state index < -0.39 is 5.41 Å². The van der Waals surface area contributed by atoms with Crippen LogP contribution in [0.25, 0.3) is 11.3 Å². The summed E-state index contributed by atoms with van der Waals surface area (Å²) in [6, 6.07) is 12.8. The lowest BCUT2D eigenvalue weighted by Gasteiger charge is -2.16. The number of nitrogens with zero attached hydrogens (tertiary/aromatic N) is 2. The van der Waals surface area contributed by atoms with Crippen molar-refractivity contribution in [3.8, 4) is 11.3 Å². The van der Waals surface area contributed by atoms with E-state index in [0.29, 0.717) is 15.7 Å². The number of rotatable bonds is 3. The average molecular weight is 412 g/mol. The molecule has 1 N–H and O–H groups in total. The Morgan fingerprint density at radius 3 is 2.71 bits per heavy atom. The Morgan fingerprint density at radius 2 is 1.96 bits per heavy atom. The molecule has 1 aromatic heterocycles. The number of carbonyl (C=O) groups excluding carboxylic acids is 2. The number of aromatic nitrogens is 1. The third-order valence-corrected chi connectivity index (χ3v) is 6.10. The minimum Gasteiger partial charge on any atom is -0.314 e. The summed E-state index contributed by atoms with van der Waals surface area (Å²) in [5, 5.41) is 5.57. The van der Waals surface area contributed by atoms with E-state index in [4.69, 9.17) is 11.6 Å². The molecule has 5 nitrogen and oxygen atoms in total. The first kappa shape index (κ1) is 18.7. The molecule has 0 radical (unpaired) electrons. The van der Waals surface area contributed by atoms with Crippen LogP contribution >= 0.6 is 22.9 Å². The summed E-state index contributed by atoms with van der Waals surface area (Å²) in [6.45, 7) is 3.86. The van der Waals surface area contributed by atoms with Crippen LogP contribution in [0.3, 0.4) is 0 Å². The third kappa shape index (κ3) is 2.99. The van der Waals surface area contributed by atoms with E-state index in [1.807, 2.05) is 37.4 Å². The number of anilines is 2. The number of carbonyl (C=O) groups is 2. The highest BCUT2D eigenvalue weighted by molar-refractivity contribution is 7.14. The second kappa shape index (κ2) is 6.72.